The average Bonchev–Trinajstić information content (AvgIpc) is 1.61. The van der Waals surface area contributed by atoms with Crippen LogP contribution in [-0.4, -0.2) is 295 Å². The zero-order valence-electron chi connectivity index (χ0n) is 63.3. The van der Waals surface area contributed by atoms with Gasteiger partial charge >= 0.3 is 28.4 Å². The number of ether oxygens (including phenoxy) is 6. The van der Waals surface area contributed by atoms with Gasteiger partial charge in [0.1, 0.15) is 47.2 Å². The summed E-state index contributed by atoms with van der Waals surface area (Å²) in [6, 6.07) is 6.20. The predicted molar refractivity (Wildman–Crippen MR) is 444 cm³/mol. The molecule has 6 saturated heterocycles. The number of aliphatic hydroxyl groups excluding tert-OH is 5. The minimum absolute atomic E-state index is 0.248. The van der Waals surface area contributed by atoms with Gasteiger partial charge in [0.15, 0.2) is 24.9 Å². The van der Waals surface area contributed by atoms with Crippen molar-refractivity contribution in [3.63, 3.8) is 0 Å². The minimum Gasteiger partial charge on any atom is -0.390 e. The van der Waals surface area contributed by atoms with E-state index in [1.54, 1.807) is 0 Å². The molecule has 6 aliphatic heterocycles. The van der Waals surface area contributed by atoms with E-state index in [9.17, 15) is 78.6 Å². The van der Waals surface area contributed by atoms with Crippen LogP contribution in [0, 0.1) is 5.92 Å². The van der Waals surface area contributed by atoms with Gasteiger partial charge < -0.3 is 59.1 Å². The van der Waals surface area contributed by atoms with Crippen LogP contribution in [-0.2, 0) is 28.4 Å². The van der Waals surface area contributed by atoms with Gasteiger partial charge in [-0.1, -0.05) is 29.5 Å². The molecule has 2 bridgehead atoms. The number of aromatic nitrogens is 10. The largest absolute Gasteiger partial charge is 0.390 e. The Morgan fingerprint density at radius 2 is 0.824 bits per heavy atom. The zero-order chi connectivity index (χ0) is 81.1. The second-order valence-electron chi connectivity index (χ2n) is 32.4. The lowest BCUT2D eigenvalue weighted by atomic mass is 9.90. The molecule has 20 atom stereocenters. The highest BCUT2D eigenvalue weighted by Gasteiger charge is 2.62. The monoisotopic (exact) mass is 1750 g/mol. The average molecular weight is 1750 g/mol. The second kappa shape index (κ2) is 35.9. The van der Waals surface area contributed by atoms with Gasteiger partial charge in [-0.2, -0.15) is 0 Å². The van der Waals surface area contributed by atoms with Gasteiger partial charge in [0.25, 0.3) is 27.8 Å². The van der Waals surface area contributed by atoms with Gasteiger partial charge in [-0.25, -0.2) is 24.0 Å². The van der Waals surface area contributed by atoms with E-state index in [-0.39, 0.29) is 15.9 Å². The number of rotatable bonds is 20. The van der Waals surface area contributed by atoms with Gasteiger partial charge in [0.2, 0.25) is 0 Å². The van der Waals surface area contributed by atoms with Crippen molar-refractivity contribution in [3.05, 3.63) is 166 Å². The predicted octanol–water partition coefficient (Wildman–Crippen LogP) is 1.43. The van der Waals surface area contributed by atoms with Crippen LogP contribution in [0.5, 0.6) is 0 Å². The third-order valence-electron chi connectivity index (χ3n) is 19.3. The molecule has 0 aromatic carbocycles. The van der Waals surface area contributed by atoms with Gasteiger partial charge in [-0.15, -0.1) is 77.5 Å². The summed E-state index contributed by atoms with van der Waals surface area (Å²) in [5.74, 6) is -0.250. The molecule has 5 aromatic rings. The Morgan fingerprint density at radius 1 is 0.472 bits per heavy atom. The van der Waals surface area contributed by atoms with E-state index in [1.165, 1.54) is 86.5 Å². The van der Waals surface area contributed by atoms with Crippen LogP contribution in [0.15, 0.2) is 109 Å². The van der Waals surface area contributed by atoms with Gasteiger partial charge in [0, 0.05) is 67.2 Å². The molecule has 6 aliphatic rings. The Bertz CT molecular complexity index is 4680. The maximum Gasteiger partial charge on any atom is 0.330 e. The molecule has 108 heavy (non-hydrogen) atoms. The second-order valence-corrected chi connectivity index (χ2v) is 55.9. The van der Waals surface area contributed by atoms with Crippen molar-refractivity contribution in [2.24, 2.45) is 5.92 Å². The molecule has 32 nitrogen and oxygen atoms in total. The number of aromatic amines is 5. The quantitative estimate of drug-likeness (QED) is 0.0298. The molecule has 0 radical (unpaired) electrons. The molecule has 0 amide bonds. The number of aliphatic hydroxyl groups is 6. The smallest absolute Gasteiger partial charge is 0.330 e. The van der Waals surface area contributed by atoms with Crippen LogP contribution >= 0.6 is 68.6 Å². The summed E-state index contributed by atoms with van der Waals surface area (Å²) in [5.41, 5.74) is -8.40. The topological polar surface area (TPSA) is 451 Å². The third kappa shape index (κ3) is 23.6. The molecule has 606 valence electrons. The number of halogens is 2. The first-order chi connectivity index (χ1) is 49.6. The number of H-pyrrole nitrogens is 5. The van der Waals surface area contributed by atoms with Gasteiger partial charge in [-0.05, 0) is 143 Å². The highest BCUT2D eigenvalue weighted by Crippen LogP contribution is 2.51. The number of nitrogens with zero attached hydrogens (tertiary/aromatic N) is 5. The van der Waals surface area contributed by atoms with Crippen molar-refractivity contribution in [1.29, 1.82) is 0 Å². The highest BCUT2D eigenvalue weighted by molar-refractivity contribution is 14.1. The first-order valence-corrected chi connectivity index (χ1v) is 51.9. The van der Waals surface area contributed by atoms with Crippen molar-refractivity contribution < 1.29 is 59.1 Å². The Labute approximate surface area is 643 Å². The number of alkyl halides is 2. The number of fused-ring (bicyclic) bond motifs is 2. The SMILES string of the molecule is C=P(C)(C)CC[C@@]1(C)OC(n2ccc(=O)[nH]c2=O)[C@H](C)[C@@H]1O.C=P(C)(C)CC[C@@]12CO[C@@H](C(n3ccc(=O)[nH]c3=O)O1)[C@@H]2O.C=P(C)(C)CC[C@H]1OC(n2ccc(=O)[nH]c2=O)[C@@](C)(O)[C@@H]1O.C=P(C)(C)CC[C@H]1OC(n2ccc(=O)[nH]c2=O)[C@H](Cl)[C@@H]1O.C=P(C)(C)CC[C@H]1OC(n2ccc(=O)[nH]c2=O)[C@H](I)[C@@H]1O. The van der Waals surface area contributed by atoms with E-state index in [0.717, 1.165) is 41.8 Å². The van der Waals surface area contributed by atoms with Crippen LogP contribution in [0.2, 0.25) is 0 Å². The maximum absolute atomic E-state index is 11.9. The number of nitrogens with one attached hydrogen (secondary N) is 5. The van der Waals surface area contributed by atoms with Crippen LogP contribution < -0.4 is 56.2 Å². The van der Waals surface area contributed by atoms with Crippen LogP contribution in [0.4, 0.5) is 0 Å². The van der Waals surface area contributed by atoms with Crippen molar-refractivity contribution in [3.8, 4) is 0 Å². The summed E-state index contributed by atoms with van der Waals surface area (Å²) >= 11 is 8.28. The molecule has 39 heteroatoms. The Balaban J connectivity index is 0.000000188. The molecular formula is C69H109ClIN10O22P5. The Kier molecular flexibility index (Phi) is 30.1. The Morgan fingerprint density at radius 3 is 1.23 bits per heavy atom. The van der Waals surface area contributed by atoms with Crippen molar-refractivity contribution in [2.75, 3.05) is 104 Å². The summed E-state index contributed by atoms with van der Waals surface area (Å²) in [4.78, 5) is 126. The minimum atomic E-state index is -1.63. The third-order valence-corrected chi connectivity index (χ3v) is 28.4. The number of hydrogen-bond donors (Lipinski definition) is 11. The summed E-state index contributed by atoms with van der Waals surface area (Å²) in [6.07, 6.45) is 25.4. The molecule has 11 heterocycles. The first-order valence-electron chi connectivity index (χ1n) is 34.9. The molecule has 0 saturated carbocycles. The fourth-order valence-electron chi connectivity index (χ4n) is 12.9. The van der Waals surface area contributed by atoms with E-state index in [2.05, 4.69) is 146 Å². The first kappa shape index (κ1) is 90.6. The summed E-state index contributed by atoms with van der Waals surface area (Å²) in [6.45, 7) is 20.5. The standard InChI is InChI=1S/C15H25N2O4P.C14H21N2O5P.C14H23N2O5P.C13H20ClN2O4P.C13H20IN2O4P/c1-10-12(19)15(2,7-9-22(3,4)5)21-13(10)17-8-6-11(18)16-14(17)20;1-22(2,3)7-5-14-8-20-10(11(14)18)12(21-14)16-6-4-9(17)15-13(16)19;1-14(20)11(18)9(6-8-22(2,3)4)21-12(14)16-7-5-10(17)15-13(16)19;2*1-21(2,3)7-5-8-11(18)10(14)12(20-8)16-6-4-9(17)15-13(16)19/h6,8,10,12-13,19H,3,7,9H2,1-2,4-5H3,(H,16,18,20);4,6,10-12,18H,1,5,7-8H2,2-3H3,(H,15,17,19);5,7,9,11-12,18,20H,2,6,8H2,1,3-4H3,(H,15,17,19);2*4,6,8,10-12,18H,1,5,7H2,2-3H3,(H,15,17,19)/t10-,12+,13?,15-;10-,11+,12?,14+;9-,11-,12?,14+;2*8-,10-,11-,12?/m11111/s1. The van der Waals surface area contributed by atoms with Crippen LogP contribution in [0.25, 0.3) is 0 Å². The summed E-state index contributed by atoms with van der Waals surface area (Å²) in [5, 5.41) is 61.7. The molecule has 5 unspecified atom stereocenters. The van der Waals surface area contributed by atoms with Crippen LogP contribution in [0.1, 0.15) is 84.0 Å². The normalized spacial score (nSPS) is 31.7. The van der Waals surface area contributed by atoms with Gasteiger partial charge in [-0.3, -0.25) is 71.7 Å². The van der Waals surface area contributed by atoms with Crippen molar-refractivity contribution in [2.45, 2.75) is 165 Å². The fourth-order valence-corrected chi connectivity index (χ4v) is 19.1. The Hall–Kier alpha value is -4.56. The summed E-state index contributed by atoms with van der Waals surface area (Å²) in [7, 11) is 0. The van der Waals surface area contributed by atoms with Crippen LogP contribution in [0.3, 0.4) is 0 Å². The lowest BCUT2D eigenvalue weighted by Gasteiger charge is -2.32. The van der Waals surface area contributed by atoms with Crippen molar-refractivity contribution >= 4 is 100 Å². The van der Waals surface area contributed by atoms with Crippen molar-refractivity contribution in [1.82, 2.24) is 47.8 Å². The van der Waals surface area contributed by atoms with E-state index in [0.29, 0.717) is 32.3 Å². The molecule has 6 fully saturated rings. The van der Waals surface area contributed by atoms with E-state index in [4.69, 9.17) is 40.0 Å². The van der Waals surface area contributed by atoms with E-state index in [1.807, 2.05) is 13.8 Å². The van der Waals surface area contributed by atoms with E-state index >= 15 is 0 Å². The lowest BCUT2D eigenvalue weighted by molar-refractivity contribution is -0.175. The maximum atomic E-state index is 11.9. The molecule has 0 spiro atoms. The molecule has 5 aromatic heterocycles. The van der Waals surface area contributed by atoms with E-state index < -0.39 is 193 Å². The lowest BCUT2D eigenvalue weighted by Crippen LogP contribution is -2.46. The zero-order valence-corrected chi connectivity index (χ0v) is 70.7. The fraction of sp³-hybridized carbons (Fsp3) is 0.638. The molecular weight excluding hydrogens is 1640 g/mol. The summed E-state index contributed by atoms with van der Waals surface area (Å²) < 4.78 is 41.0. The molecule has 0 aliphatic carbocycles. The number of hydrogen-bond acceptors (Lipinski definition) is 22. The molecule has 11 N–H and O–H groups in total. The molecule has 11 rings (SSSR count). The highest BCUT2D eigenvalue weighted by atomic mass is 127. The van der Waals surface area contributed by atoms with Gasteiger partial charge in [0.05, 0.1) is 46.7 Å².